The van der Waals surface area contributed by atoms with Crippen LogP contribution in [-0.2, 0) is 11.3 Å². The van der Waals surface area contributed by atoms with Gasteiger partial charge in [0.05, 0.1) is 6.42 Å². The number of aliphatic carboxylic acids is 1. The average Bonchev–Trinajstić information content (AvgIpc) is 2.40. The Morgan fingerprint density at radius 2 is 1.81 bits per heavy atom. The molecule has 6 heteroatoms. The molecule has 0 aromatic heterocycles. The van der Waals surface area contributed by atoms with Crippen molar-refractivity contribution in [1.29, 1.82) is 0 Å². The highest BCUT2D eigenvalue weighted by molar-refractivity contribution is 6.30. The molecule has 0 bridgehead atoms. The van der Waals surface area contributed by atoms with Crippen molar-refractivity contribution in [2.75, 3.05) is 13.6 Å². The Hall–Kier alpha value is -1.75. The smallest absolute Gasteiger partial charge is 0.320 e. The molecule has 1 aromatic rings. The molecule has 0 heterocycles. The third-order valence-electron chi connectivity index (χ3n) is 3.10. The molecule has 1 N–H and O–H groups in total. The summed E-state index contributed by atoms with van der Waals surface area (Å²) in [5, 5.41) is 9.41. The van der Waals surface area contributed by atoms with E-state index < -0.39 is 5.97 Å². The summed E-state index contributed by atoms with van der Waals surface area (Å²) in [4.78, 5) is 26.2. The molecule has 0 radical (unpaired) electrons. The highest BCUT2D eigenvalue weighted by Gasteiger charge is 2.21. The highest BCUT2D eigenvalue weighted by atomic mass is 35.5. The molecule has 0 aliphatic carbocycles. The van der Waals surface area contributed by atoms with E-state index >= 15 is 0 Å². The molecule has 1 rings (SSSR count). The van der Waals surface area contributed by atoms with Crippen LogP contribution in [0.25, 0.3) is 0 Å². The lowest BCUT2D eigenvalue weighted by Crippen LogP contribution is -2.45. The van der Waals surface area contributed by atoms with E-state index in [9.17, 15) is 9.59 Å². The number of hydrogen-bond acceptors (Lipinski definition) is 2. The van der Waals surface area contributed by atoms with Gasteiger partial charge in [-0.3, -0.25) is 4.79 Å². The molecule has 2 amide bonds. The van der Waals surface area contributed by atoms with Crippen molar-refractivity contribution >= 4 is 23.6 Å². The van der Waals surface area contributed by atoms with Gasteiger partial charge in [0, 0.05) is 31.2 Å². The fraction of sp³-hybridized carbons (Fsp3) is 0.467. The first-order chi connectivity index (χ1) is 9.81. The maximum absolute atomic E-state index is 12.4. The number of rotatable bonds is 6. The quantitative estimate of drug-likeness (QED) is 0.878. The first-order valence-corrected chi connectivity index (χ1v) is 7.17. The molecule has 5 nitrogen and oxygen atoms in total. The molecule has 1 aromatic carbocycles. The van der Waals surface area contributed by atoms with Crippen molar-refractivity contribution in [2.24, 2.45) is 0 Å². The number of hydrogen-bond donors (Lipinski definition) is 1. The molecule has 0 unspecified atom stereocenters. The number of nitrogens with zero attached hydrogens (tertiary/aromatic N) is 2. The Kier molecular flexibility index (Phi) is 6.49. The van der Waals surface area contributed by atoms with Gasteiger partial charge >= 0.3 is 12.0 Å². The normalized spacial score (nSPS) is 10.5. The van der Waals surface area contributed by atoms with E-state index in [1.807, 2.05) is 26.0 Å². The summed E-state index contributed by atoms with van der Waals surface area (Å²) in [6.07, 6.45) is -0.0568. The van der Waals surface area contributed by atoms with Gasteiger partial charge < -0.3 is 14.9 Å². The number of carbonyl (C=O) groups is 2. The molecule has 0 spiro atoms. The molecule has 0 saturated heterocycles. The van der Waals surface area contributed by atoms with Crippen LogP contribution in [0.2, 0.25) is 5.02 Å². The van der Waals surface area contributed by atoms with E-state index in [2.05, 4.69) is 0 Å². The van der Waals surface area contributed by atoms with Gasteiger partial charge in [0.1, 0.15) is 0 Å². The lowest BCUT2D eigenvalue weighted by Gasteiger charge is -2.31. The molecule has 0 aliphatic rings. The lowest BCUT2D eigenvalue weighted by molar-refractivity contribution is -0.137. The fourth-order valence-corrected chi connectivity index (χ4v) is 2.07. The zero-order valence-electron chi connectivity index (χ0n) is 12.5. The van der Waals surface area contributed by atoms with Crippen LogP contribution in [0, 0.1) is 0 Å². The maximum Gasteiger partial charge on any atom is 0.320 e. The Morgan fingerprint density at radius 1 is 1.24 bits per heavy atom. The Balaban J connectivity index is 2.68. The van der Waals surface area contributed by atoms with Crippen LogP contribution in [0.3, 0.4) is 0 Å². The molecule has 21 heavy (non-hydrogen) atoms. The molecule has 116 valence electrons. The van der Waals surface area contributed by atoms with Crippen LogP contribution in [0.1, 0.15) is 25.8 Å². The Labute approximate surface area is 130 Å². The van der Waals surface area contributed by atoms with E-state index in [1.165, 1.54) is 0 Å². The summed E-state index contributed by atoms with van der Waals surface area (Å²) < 4.78 is 0. The van der Waals surface area contributed by atoms with Crippen molar-refractivity contribution in [3.63, 3.8) is 0 Å². The van der Waals surface area contributed by atoms with Gasteiger partial charge in [0.15, 0.2) is 0 Å². The molecular formula is C15H21ClN2O3. The summed E-state index contributed by atoms with van der Waals surface area (Å²) in [7, 11) is 1.70. The zero-order valence-corrected chi connectivity index (χ0v) is 13.3. The van der Waals surface area contributed by atoms with Crippen LogP contribution in [0.4, 0.5) is 4.79 Å². The minimum atomic E-state index is -0.909. The van der Waals surface area contributed by atoms with Crippen molar-refractivity contribution in [2.45, 2.75) is 32.9 Å². The second-order valence-corrected chi connectivity index (χ2v) is 5.63. The van der Waals surface area contributed by atoms with Crippen LogP contribution >= 0.6 is 11.6 Å². The Morgan fingerprint density at radius 3 is 2.29 bits per heavy atom. The van der Waals surface area contributed by atoms with Gasteiger partial charge in [0.2, 0.25) is 0 Å². The van der Waals surface area contributed by atoms with E-state index in [0.29, 0.717) is 11.6 Å². The predicted molar refractivity (Wildman–Crippen MR) is 82.4 cm³/mol. The minimum absolute atomic E-state index is 0.0514. The summed E-state index contributed by atoms with van der Waals surface area (Å²) >= 11 is 5.83. The third kappa shape index (κ3) is 5.63. The van der Waals surface area contributed by atoms with Gasteiger partial charge in [-0.25, -0.2) is 4.79 Å². The van der Waals surface area contributed by atoms with Gasteiger partial charge in [-0.15, -0.1) is 0 Å². The van der Waals surface area contributed by atoms with E-state index in [1.54, 1.807) is 29.0 Å². The Bertz CT molecular complexity index is 488. The third-order valence-corrected chi connectivity index (χ3v) is 3.35. The number of benzene rings is 1. The van der Waals surface area contributed by atoms with Gasteiger partial charge in [0.25, 0.3) is 0 Å². The largest absolute Gasteiger partial charge is 0.481 e. The number of amides is 2. The first kappa shape index (κ1) is 17.3. The second-order valence-electron chi connectivity index (χ2n) is 5.20. The topological polar surface area (TPSA) is 60.9 Å². The first-order valence-electron chi connectivity index (χ1n) is 6.79. The van der Waals surface area contributed by atoms with Gasteiger partial charge in [-0.1, -0.05) is 23.7 Å². The van der Waals surface area contributed by atoms with Crippen LogP contribution < -0.4 is 0 Å². The highest BCUT2D eigenvalue weighted by Crippen LogP contribution is 2.13. The van der Waals surface area contributed by atoms with Crippen molar-refractivity contribution in [3.05, 3.63) is 34.9 Å². The summed E-state index contributed by atoms with van der Waals surface area (Å²) in [5.74, 6) is -0.909. The summed E-state index contributed by atoms with van der Waals surface area (Å²) in [6, 6.07) is 7.05. The molecular weight excluding hydrogens is 292 g/mol. The maximum atomic E-state index is 12.4. The van der Waals surface area contributed by atoms with Crippen LogP contribution in [0.5, 0.6) is 0 Å². The molecule has 0 fully saturated rings. The van der Waals surface area contributed by atoms with Crippen LogP contribution in [0.15, 0.2) is 24.3 Å². The van der Waals surface area contributed by atoms with E-state index in [4.69, 9.17) is 16.7 Å². The lowest BCUT2D eigenvalue weighted by atomic mass is 10.2. The standard InChI is InChI=1S/C15H21ClN2O3/c1-11(2)18(9-8-14(19)20)15(21)17(3)10-12-4-6-13(16)7-5-12/h4-7,11H,8-10H2,1-3H3,(H,19,20). The van der Waals surface area contributed by atoms with Crippen molar-refractivity contribution in [3.8, 4) is 0 Å². The molecule has 0 atom stereocenters. The van der Waals surface area contributed by atoms with E-state index in [-0.39, 0.29) is 25.0 Å². The van der Waals surface area contributed by atoms with Crippen molar-refractivity contribution in [1.82, 2.24) is 9.80 Å². The number of carbonyl (C=O) groups excluding carboxylic acids is 1. The van der Waals surface area contributed by atoms with E-state index in [0.717, 1.165) is 5.56 Å². The number of halogens is 1. The second kappa shape index (κ2) is 7.88. The van der Waals surface area contributed by atoms with Gasteiger partial charge in [-0.05, 0) is 31.5 Å². The van der Waals surface area contributed by atoms with Crippen LogP contribution in [-0.4, -0.2) is 46.5 Å². The predicted octanol–water partition coefficient (Wildman–Crippen LogP) is 3.08. The number of carboxylic acid groups (broad SMARTS) is 1. The van der Waals surface area contributed by atoms with Crippen molar-refractivity contribution < 1.29 is 14.7 Å². The zero-order chi connectivity index (χ0) is 16.0. The molecule has 0 saturated carbocycles. The number of carboxylic acids is 1. The molecule has 0 aliphatic heterocycles. The minimum Gasteiger partial charge on any atom is -0.481 e. The summed E-state index contributed by atoms with van der Waals surface area (Å²) in [5.41, 5.74) is 0.970. The summed E-state index contributed by atoms with van der Waals surface area (Å²) in [6.45, 7) is 4.40. The monoisotopic (exact) mass is 312 g/mol. The number of urea groups is 1. The average molecular weight is 313 g/mol. The SMILES string of the molecule is CC(C)N(CCC(=O)O)C(=O)N(C)Cc1ccc(Cl)cc1. The van der Waals surface area contributed by atoms with Gasteiger partial charge in [-0.2, -0.15) is 0 Å². The fourth-order valence-electron chi connectivity index (χ4n) is 1.94.